The van der Waals surface area contributed by atoms with Gasteiger partial charge >= 0.3 is 12.0 Å². The third-order valence-corrected chi connectivity index (χ3v) is 2.79. The molecule has 0 saturated heterocycles. The molecule has 0 spiro atoms. The topological polar surface area (TPSA) is 91.8 Å². The largest absolute Gasteiger partial charge is 0.480 e. The predicted molar refractivity (Wildman–Crippen MR) is 65.4 cm³/mol. The Balaban J connectivity index is 2.50. The van der Waals surface area contributed by atoms with Gasteiger partial charge < -0.3 is 20.1 Å². The Morgan fingerprint density at radius 1 is 1.67 bits per heavy atom. The molecule has 0 aliphatic rings. The maximum absolute atomic E-state index is 11.7. The monoisotopic (exact) mass is 273 g/mol. The third kappa shape index (κ3) is 4.30. The lowest BCUT2D eigenvalue weighted by Gasteiger charge is -2.20. The van der Waals surface area contributed by atoms with Crippen LogP contribution in [-0.4, -0.2) is 53.8 Å². The van der Waals surface area contributed by atoms with Gasteiger partial charge in [-0.3, -0.25) is 0 Å². The van der Waals surface area contributed by atoms with Crippen molar-refractivity contribution in [2.45, 2.75) is 12.6 Å². The number of aromatic nitrogens is 1. The van der Waals surface area contributed by atoms with Crippen LogP contribution in [0.2, 0.25) is 0 Å². The van der Waals surface area contributed by atoms with E-state index in [0.29, 0.717) is 6.54 Å². The van der Waals surface area contributed by atoms with Gasteiger partial charge in [0.05, 0.1) is 24.4 Å². The summed E-state index contributed by atoms with van der Waals surface area (Å²) in [5.74, 6) is -1.13. The van der Waals surface area contributed by atoms with E-state index in [0.717, 1.165) is 5.69 Å². The maximum Gasteiger partial charge on any atom is 0.328 e. The average Bonchev–Trinajstić information content (AvgIpc) is 2.80. The van der Waals surface area contributed by atoms with E-state index < -0.39 is 18.0 Å². The average molecular weight is 273 g/mol. The summed E-state index contributed by atoms with van der Waals surface area (Å²) in [5.41, 5.74) is 2.43. The molecule has 1 aromatic heterocycles. The highest BCUT2D eigenvalue weighted by Gasteiger charge is 2.21. The molecule has 0 radical (unpaired) electrons. The number of carboxylic acids is 1. The molecule has 0 fully saturated rings. The van der Waals surface area contributed by atoms with Gasteiger partial charge in [-0.25, -0.2) is 14.6 Å². The lowest BCUT2D eigenvalue weighted by molar-refractivity contribution is -0.140. The first-order valence-electron chi connectivity index (χ1n) is 5.15. The molecule has 7 nitrogen and oxygen atoms in total. The summed E-state index contributed by atoms with van der Waals surface area (Å²) in [6, 6.07) is -1.53. The Morgan fingerprint density at radius 2 is 2.39 bits per heavy atom. The number of nitrogens with one attached hydrogen (secondary N) is 1. The van der Waals surface area contributed by atoms with Crippen LogP contribution in [0.4, 0.5) is 4.79 Å². The zero-order valence-electron chi connectivity index (χ0n) is 10.1. The van der Waals surface area contributed by atoms with Crippen LogP contribution in [0.1, 0.15) is 5.69 Å². The SMILES string of the molecule is COCC(NC(=O)N(C)Cc1cscn1)C(=O)O. The van der Waals surface area contributed by atoms with Crippen LogP contribution in [0.3, 0.4) is 0 Å². The molecule has 2 N–H and O–H groups in total. The summed E-state index contributed by atoms with van der Waals surface area (Å²) in [6.45, 7) is 0.250. The summed E-state index contributed by atoms with van der Waals surface area (Å²) >= 11 is 1.44. The number of carboxylic acid groups (broad SMARTS) is 1. The van der Waals surface area contributed by atoms with Gasteiger partial charge in [-0.1, -0.05) is 0 Å². The Kier molecular flexibility index (Phi) is 5.53. The van der Waals surface area contributed by atoms with Gasteiger partial charge in [0.1, 0.15) is 0 Å². The fourth-order valence-corrected chi connectivity index (χ4v) is 1.78. The summed E-state index contributed by atoms with van der Waals surface area (Å²) in [5, 5.41) is 13.1. The fourth-order valence-electron chi connectivity index (χ4n) is 1.23. The molecule has 0 bridgehead atoms. The number of aliphatic carboxylic acids is 1. The number of nitrogens with zero attached hydrogens (tertiary/aromatic N) is 2. The van der Waals surface area contributed by atoms with Gasteiger partial charge in [-0.2, -0.15) is 0 Å². The van der Waals surface area contributed by atoms with Crippen LogP contribution in [0.15, 0.2) is 10.9 Å². The number of amides is 2. The van der Waals surface area contributed by atoms with E-state index in [1.807, 2.05) is 5.38 Å². The highest BCUT2D eigenvalue weighted by Crippen LogP contribution is 2.04. The molecular weight excluding hydrogens is 258 g/mol. The minimum atomic E-state index is -1.13. The first-order valence-corrected chi connectivity index (χ1v) is 6.09. The lowest BCUT2D eigenvalue weighted by Crippen LogP contribution is -2.48. The van der Waals surface area contributed by atoms with Crippen LogP contribution in [0.25, 0.3) is 0 Å². The van der Waals surface area contributed by atoms with Crippen molar-refractivity contribution in [2.24, 2.45) is 0 Å². The number of hydrogen-bond donors (Lipinski definition) is 2. The van der Waals surface area contributed by atoms with Crippen molar-refractivity contribution in [1.29, 1.82) is 0 Å². The number of methoxy groups -OCH3 is 1. The summed E-state index contributed by atoms with van der Waals surface area (Å²) in [6.07, 6.45) is 0. The number of rotatable bonds is 6. The van der Waals surface area contributed by atoms with Crippen molar-refractivity contribution in [3.8, 4) is 0 Å². The Hall–Kier alpha value is -1.67. The van der Waals surface area contributed by atoms with E-state index >= 15 is 0 Å². The summed E-state index contributed by atoms with van der Waals surface area (Å²) < 4.78 is 4.73. The summed E-state index contributed by atoms with van der Waals surface area (Å²) in [4.78, 5) is 28.0. The molecule has 0 saturated carbocycles. The van der Waals surface area contributed by atoms with E-state index in [1.165, 1.54) is 23.3 Å². The quantitative estimate of drug-likeness (QED) is 0.782. The van der Waals surface area contributed by atoms with Crippen LogP contribution in [0.5, 0.6) is 0 Å². The second-order valence-corrected chi connectivity index (χ2v) is 4.35. The van der Waals surface area contributed by atoms with Gasteiger partial charge in [-0.15, -0.1) is 11.3 Å². The molecule has 1 atom stereocenters. The summed E-state index contributed by atoms with van der Waals surface area (Å²) in [7, 11) is 2.95. The second-order valence-electron chi connectivity index (χ2n) is 3.63. The van der Waals surface area contributed by atoms with Crippen molar-refractivity contribution >= 4 is 23.3 Å². The molecular formula is C10H15N3O4S. The number of urea groups is 1. The molecule has 1 unspecified atom stereocenters. The second kappa shape index (κ2) is 6.92. The van der Waals surface area contributed by atoms with Crippen LogP contribution < -0.4 is 5.32 Å². The standard InChI is InChI=1S/C10H15N3O4S/c1-13(3-7-5-18-6-11-7)10(16)12-8(4-17-2)9(14)15/h5-6,8H,3-4H2,1-2H3,(H,12,16)(H,14,15). The molecule has 0 aromatic carbocycles. The van der Waals surface area contributed by atoms with Crippen molar-refractivity contribution in [3.05, 3.63) is 16.6 Å². The zero-order chi connectivity index (χ0) is 13.5. The number of carbonyl (C=O) groups excluding carboxylic acids is 1. The van der Waals surface area contributed by atoms with Gasteiger partial charge in [0, 0.05) is 19.5 Å². The Morgan fingerprint density at radius 3 is 2.89 bits per heavy atom. The Bertz CT molecular complexity index is 396. The molecule has 2 amide bonds. The molecule has 1 heterocycles. The highest BCUT2D eigenvalue weighted by molar-refractivity contribution is 7.07. The first-order chi connectivity index (χ1) is 8.54. The molecule has 8 heteroatoms. The van der Waals surface area contributed by atoms with E-state index in [9.17, 15) is 9.59 Å². The van der Waals surface area contributed by atoms with E-state index in [4.69, 9.17) is 9.84 Å². The molecule has 18 heavy (non-hydrogen) atoms. The van der Waals surface area contributed by atoms with Gasteiger partial charge in [0.15, 0.2) is 6.04 Å². The van der Waals surface area contributed by atoms with Gasteiger partial charge in [0.2, 0.25) is 0 Å². The third-order valence-electron chi connectivity index (χ3n) is 2.16. The fraction of sp³-hybridized carbons (Fsp3) is 0.500. The van der Waals surface area contributed by atoms with Crippen molar-refractivity contribution < 1.29 is 19.4 Å². The van der Waals surface area contributed by atoms with Crippen LogP contribution >= 0.6 is 11.3 Å². The molecule has 1 rings (SSSR count). The molecule has 100 valence electrons. The van der Waals surface area contributed by atoms with Gasteiger partial charge in [-0.05, 0) is 0 Å². The van der Waals surface area contributed by atoms with Crippen LogP contribution in [0, 0.1) is 0 Å². The van der Waals surface area contributed by atoms with Crippen molar-refractivity contribution in [1.82, 2.24) is 15.2 Å². The number of ether oxygens (including phenoxy) is 1. The van der Waals surface area contributed by atoms with Gasteiger partial charge in [0.25, 0.3) is 0 Å². The minimum Gasteiger partial charge on any atom is -0.480 e. The minimum absolute atomic E-state index is 0.0778. The number of thiazole rings is 1. The van der Waals surface area contributed by atoms with E-state index in [-0.39, 0.29) is 6.61 Å². The lowest BCUT2D eigenvalue weighted by atomic mass is 10.3. The molecule has 1 aromatic rings. The van der Waals surface area contributed by atoms with Crippen molar-refractivity contribution in [2.75, 3.05) is 20.8 Å². The normalized spacial score (nSPS) is 11.9. The van der Waals surface area contributed by atoms with E-state index in [1.54, 1.807) is 12.6 Å². The van der Waals surface area contributed by atoms with E-state index in [2.05, 4.69) is 10.3 Å². The first kappa shape index (κ1) is 14.4. The number of carbonyl (C=O) groups is 2. The number of hydrogen-bond acceptors (Lipinski definition) is 5. The highest BCUT2D eigenvalue weighted by atomic mass is 32.1. The molecule has 0 aliphatic carbocycles. The Labute approximate surface area is 108 Å². The molecule has 0 aliphatic heterocycles. The zero-order valence-corrected chi connectivity index (χ0v) is 10.9. The predicted octanol–water partition coefficient (Wildman–Crippen LogP) is 0.384. The smallest absolute Gasteiger partial charge is 0.328 e. The maximum atomic E-state index is 11.7. The van der Waals surface area contributed by atoms with Crippen molar-refractivity contribution in [3.63, 3.8) is 0 Å². The van der Waals surface area contributed by atoms with Crippen LogP contribution in [-0.2, 0) is 16.1 Å².